The maximum atomic E-state index is 12.4. The zero-order chi connectivity index (χ0) is 21.4. The smallest absolute Gasteiger partial charge is 0.408 e. The number of amides is 2. The molecule has 0 radical (unpaired) electrons. The Morgan fingerprint density at radius 1 is 1.28 bits per heavy atom. The molecule has 11 heteroatoms. The van der Waals surface area contributed by atoms with Gasteiger partial charge in [-0.15, -0.1) is 0 Å². The number of esters is 1. The second-order valence-corrected chi connectivity index (χ2v) is 6.29. The molecule has 2 N–H and O–H groups in total. The minimum Gasteiger partial charge on any atom is -0.465 e. The molecule has 1 aliphatic rings. The van der Waals surface area contributed by atoms with Crippen LogP contribution in [-0.4, -0.2) is 58.3 Å². The molecule has 0 unspecified atom stereocenters. The lowest BCUT2D eigenvalue weighted by molar-refractivity contribution is -0.384. The van der Waals surface area contributed by atoms with Crippen molar-refractivity contribution >= 4 is 23.8 Å². The molecular weight excluding hydrogens is 386 g/mol. The van der Waals surface area contributed by atoms with Crippen LogP contribution >= 0.6 is 0 Å². The molecule has 0 aliphatic carbocycles. The first-order valence-electron chi connectivity index (χ1n) is 8.75. The van der Waals surface area contributed by atoms with E-state index in [1.54, 1.807) is 0 Å². The molecule has 0 saturated carbocycles. The Balaban J connectivity index is 1.92. The van der Waals surface area contributed by atoms with Crippen molar-refractivity contribution in [2.45, 2.75) is 31.5 Å². The van der Waals surface area contributed by atoms with Gasteiger partial charge in [-0.3, -0.25) is 15.0 Å². The van der Waals surface area contributed by atoms with Crippen molar-refractivity contribution in [3.63, 3.8) is 0 Å². The summed E-state index contributed by atoms with van der Waals surface area (Å²) in [6.45, 7) is 3.22. The number of rotatable bonds is 7. The van der Waals surface area contributed by atoms with Gasteiger partial charge in [0.05, 0.1) is 11.0 Å². The highest BCUT2D eigenvalue weighted by Gasteiger charge is 2.37. The molecule has 2 rings (SSSR count). The SMILES string of the molecule is C=CCOC(=O)N[C@@H]1CC[C@@H](C(=O)OCc2ccc([N+](=O)[O-])cc2)N(C(=O)O)C1. The highest BCUT2D eigenvalue weighted by molar-refractivity contribution is 5.81. The number of non-ortho nitro benzene ring substituents is 1. The van der Waals surface area contributed by atoms with Crippen molar-refractivity contribution in [3.8, 4) is 0 Å². The van der Waals surface area contributed by atoms with E-state index in [0.29, 0.717) is 12.0 Å². The van der Waals surface area contributed by atoms with Gasteiger partial charge in [-0.25, -0.2) is 14.4 Å². The van der Waals surface area contributed by atoms with E-state index in [-0.39, 0.29) is 31.9 Å². The van der Waals surface area contributed by atoms with E-state index >= 15 is 0 Å². The number of nitro benzene ring substituents is 1. The van der Waals surface area contributed by atoms with Gasteiger partial charge in [0.1, 0.15) is 19.3 Å². The number of carbonyl (C=O) groups is 3. The Bertz CT molecular complexity index is 780. The van der Waals surface area contributed by atoms with Crippen molar-refractivity contribution in [2.24, 2.45) is 0 Å². The van der Waals surface area contributed by atoms with E-state index in [1.807, 2.05) is 0 Å². The second kappa shape index (κ2) is 10.1. The lowest BCUT2D eigenvalue weighted by atomic mass is 9.99. The fourth-order valence-corrected chi connectivity index (χ4v) is 2.85. The van der Waals surface area contributed by atoms with Crippen LogP contribution in [0.3, 0.4) is 0 Å². The minimum absolute atomic E-state index is 0.0266. The summed E-state index contributed by atoms with van der Waals surface area (Å²) < 4.78 is 9.99. The fourth-order valence-electron chi connectivity index (χ4n) is 2.85. The van der Waals surface area contributed by atoms with Crippen LogP contribution in [0.4, 0.5) is 15.3 Å². The number of nitrogens with one attached hydrogen (secondary N) is 1. The van der Waals surface area contributed by atoms with Gasteiger partial charge in [-0.2, -0.15) is 0 Å². The van der Waals surface area contributed by atoms with Crippen LogP contribution in [0.2, 0.25) is 0 Å². The number of benzene rings is 1. The summed E-state index contributed by atoms with van der Waals surface area (Å²) in [4.78, 5) is 46.6. The van der Waals surface area contributed by atoms with Crippen molar-refractivity contribution in [2.75, 3.05) is 13.2 Å². The van der Waals surface area contributed by atoms with Crippen molar-refractivity contribution < 1.29 is 33.9 Å². The van der Waals surface area contributed by atoms with Gasteiger partial charge >= 0.3 is 18.2 Å². The minimum atomic E-state index is -1.31. The van der Waals surface area contributed by atoms with Gasteiger partial charge in [0.2, 0.25) is 0 Å². The molecule has 0 aromatic heterocycles. The van der Waals surface area contributed by atoms with Crippen LogP contribution in [0.5, 0.6) is 0 Å². The molecule has 0 bridgehead atoms. The van der Waals surface area contributed by atoms with E-state index in [9.17, 15) is 29.6 Å². The van der Waals surface area contributed by atoms with E-state index < -0.39 is 35.2 Å². The first kappa shape index (κ1) is 21.7. The number of alkyl carbamates (subject to hydrolysis) is 1. The molecule has 1 aromatic carbocycles. The van der Waals surface area contributed by atoms with Gasteiger partial charge in [0.25, 0.3) is 5.69 Å². The molecule has 29 heavy (non-hydrogen) atoms. The molecular formula is C18H21N3O8. The van der Waals surface area contributed by atoms with E-state index in [2.05, 4.69) is 11.9 Å². The van der Waals surface area contributed by atoms with Crippen molar-refractivity contribution in [3.05, 3.63) is 52.6 Å². The molecule has 1 aromatic rings. The van der Waals surface area contributed by atoms with Gasteiger partial charge in [-0.05, 0) is 30.5 Å². The van der Waals surface area contributed by atoms with Gasteiger partial charge in [0, 0.05) is 18.7 Å². The lowest BCUT2D eigenvalue weighted by Crippen LogP contribution is -2.56. The van der Waals surface area contributed by atoms with Gasteiger partial charge in [0.15, 0.2) is 0 Å². The summed E-state index contributed by atoms with van der Waals surface area (Å²) in [5, 5.41) is 22.6. The zero-order valence-corrected chi connectivity index (χ0v) is 15.5. The highest BCUT2D eigenvalue weighted by atomic mass is 16.6. The maximum absolute atomic E-state index is 12.4. The van der Waals surface area contributed by atoms with Crippen LogP contribution in [0.1, 0.15) is 18.4 Å². The average Bonchev–Trinajstić information content (AvgIpc) is 2.70. The molecule has 1 aliphatic heterocycles. The number of hydrogen-bond donors (Lipinski definition) is 2. The molecule has 2 atom stereocenters. The quantitative estimate of drug-likeness (QED) is 0.302. The number of likely N-dealkylation sites (tertiary alicyclic amines) is 1. The van der Waals surface area contributed by atoms with Gasteiger partial charge < -0.3 is 19.9 Å². The number of nitro groups is 1. The van der Waals surface area contributed by atoms with Crippen LogP contribution < -0.4 is 5.32 Å². The average molecular weight is 407 g/mol. The Labute approximate surface area is 166 Å². The largest absolute Gasteiger partial charge is 0.465 e. The highest BCUT2D eigenvalue weighted by Crippen LogP contribution is 2.20. The summed E-state index contributed by atoms with van der Waals surface area (Å²) in [7, 11) is 0. The Kier molecular flexibility index (Phi) is 7.52. The standard InChI is InChI=1S/C18H21N3O8/c1-2-9-28-17(23)19-13-5-8-15(20(10-13)18(24)25)16(22)29-11-12-3-6-14(7-4-12)21(26)27/h2-4,6-7,13,15H,1,5,8-11H2,(H,19,23)(H,24,25)/t13-,15+/m1/s1. The van der Waals surface area contributed by atoms with Crippen molar-refractivity contribution in [1.82, 2.24) is 10.2 Å². The predicted octanol–water partition coefficient (Wildman–Crippen LogP) is 2.06. The van der Waals surface area contributed by atoms with Crippen molar-refractivity contribution in [1.29, 1.82) is 0 Å². The number of ether oxygens (including phenoxy) is 2. The Morgan fingerprint density at radius 3 is 2.55 bits per heavy atom. The van der Waals surface area contributed by atoms with Crippen LogP contribution in [0.25, 0.3) is 0 Å². The topological polar surface area (TPSA) is 148 Å². The first-order valence-corrected chi connectivity index (χ1v) is 8.75. The Hall–Kier alpha value is -3.63. The zero-order valence-electron chi connectivity index (χ0n) is 15.5. The molecule has 0 spiro atoms. The maximum Gasteiger partial charge on any atom is 0.408 e. The second-order valence-electron chi connectivity index (χ2n) is 6.29. The van der Waals surface area contributed by atoms with E-state index in [4.69, 9.17) is 9.47 Å². The van der Waals surface area contributed by atoms with Crippen LogP contribution in [-0.2, 0) is 20.9 Å². The third-order valence-electron chi connectivity index (χ3n) is 4.28. The molecule has 1 fully saturated rings. The lowest BCUT2D eigenvalue weighted by Gasteiger charge is -2.36. The van der Waals surface area contributed by atoms with Crippen LogP contribution in [0, 0.1) is 10.1 Å². The molecule has 156 valence electrons. The third-order valence-corrected chi connectivity index (χ3v) is 4.28. The van der Waals surface area contributed by atoms with E-state index in [1.165, 1.54) is 30.3 Å². The molecule has 2 amide bonds. The fraction of sp³-hybridized carbons (Fsp3) is 0.389. The summed E-state index contributed by atoms with van der Waals surface area (Å²) >= 11 is 0. The molecule has 11 nitrogen and oxygen atoms in total. The number of carbonyl (C=O) groups excluding carboxylic acids is 2. The molecule has 1 heterocycles. The predicted molar refractivity (Wildman–Crippen MR) is 99.1 cm³/mol. The summed E-state index contributed by atoms with van der Waals surface area (Å²) in [5.41, 5.74) is 0.445. The summed E-state index contributed by atoms with van der Waals surface area (Å²) in [6.07, 6.45) is -0.0732. The number of nitrogens with zero attached hydrogens (tertiary/aromatic N) is 2. The Morgan fingerprint density at radius 2 is 1.97 bits per heavy atom. The van der Waals surface area contributed by atoms with E-state index in [0.717, 1.165) is 4.90 Å². The molecule has 1 saturated heterocycles. The van der Waals surface area contributed by atoms with Crippen LogP contribution in [0.15, 0.2) is 36.9 Å². The number of piperidine rings is 1. The normalized spacial score (nSPS) is 18.4. The summed E-state index contributed by atoms with van der Waals surface area (Å²) in [6, 6.07) is 3.98. The third kappa shape index (κ3) is 6.19. The monoisotopic (exact) mass is 407 g/mol. The first-order chi connectivity index (χ1) is 13.8. The number of hydrogen-bond acceptors (Lipinski definition) is 7. The van der Waals surface area contributed by atoms with Gasteiger partial charge in [-0.1, -0.05) is 12.7 Å². The number of carboxylic acid groups (broad SMARTS) is 1. The summed E-state index contributed by atoms with van der Waals surface area (Å²) in [5.74, 6) is -0.724.